The zero-order chi connectivity index (χ0) is 22.3. The van der Waals surface area contributed by atoms with E-state index in [9.17, 15) is 23.3 Å². The summed E-state index contributed by atoms with van der Waals surface area (Å²) in [6, 6.07) is 11.3. The number of hydrogen-bond acceptors (Lipinski definition) is 6. The highest BCUT2D eigenvalue weighted by Gasteiger charge is 2.22. The van der Waals surface area contributed by atoms with Crippen LogP contribution in [0.25, 0.3) is 0 Å². The summed E-state index contributed by atoms with van der Waals surface area (Å²) in [5.74, 6) is -0.256. The van der Waals surface area contributed by atoms with Gasteiger partial charge in [0.15, 0.2) is 0 Å². The standard InChI is InChI=1S/C20H25N3O6S/c1-15-9-10-18(23(25)26)13-19(15)22(30(3,27)28)11-5-8-20(24)21-17-7-4-6-16(12-17)14-29-2/h4,6-7,9-10,12-13H,5,8,11,14H2,1-3H3,(H,21,24). The van der Waals surface area contributed by atoms with Crippen LogP contribution < -0.4 is 9.62 Å². The number of nitro benzene ring substituents is 1. The van der Waals surface area contributed by atoms with Crippen molar-refractivity contribution in [3.05, 3.63) is 63.7 Å². The van der Waals surface area contributed by atoms with E-state index in [1.54, 1.807) is 32.2 Å². The highest BCUT2D eigenvalue weighted by atomic mass is 32.2. The van der Waals surface area contributed by atoms with Crippen LogP contribution in [0.1, 0.15) is 24.0 Å². The molecule has 0 atom stereocenters. The number of carbonyl (C=O) groups is 1. The van der Waals surface area contributed by atoms with Crippen LogP contribution in [-0.2, 0) is 26.2 Å². The number of rotatable bonds is 10. The van der Waals surface area contributed by atoms with E-state index in [4.69, 9.17) is 4.74 Å². The molecular formula is C20H25N3O6S. The molecule has 0 heterocycles. The van der Waals surface area contributed by atoms with Crippen LogP contribution >= 0.6 is 0 Å². The number of carbonyl (C=O) groups excluding carboxylic acids is 1. The summed E-state index contributed by atoms with van der Waals surface area (Å²) < 4.78 is 30.7. The second-order valence-corrected chi connectivity index (χ2v) is 8.75. The van der Waals surface area contributed by atoms with Crippen molar-refractivity contribution in [2.24, 2.45) is 0 Å². The van der Waals surface area contributed by atoms with Crippen LogP contribution in [0.5, 0.6) is 0 Å². The molecule has 2 aromatic carbocycles. The Hall–Kier alpha value is -2.98. The normalized spacial score (nSPS) is 11.2. The summed E-state index contributed by atoms with van der Waals surface area (Å²) in [5, 5.41) is 13.8. The average molecular weight is 436 g/mol. The molecule has 0 bridgehead atoms. The number of nitrogens with zero attached hydrogens (tertiary/aromatic N) is 2. The molecule has 0 fully saturated rings. The molecule has 0 spiro atoms. The summed E-state index contributed by atoms with van der Waals surface area (Å²) >= 11 is 0. The maximum atomic E-state index is 12.3. The highest BCUT2D eigenvalue weighted by Crippen LogP contribution is 2.27. The lowest BCUT2D eigenvalue weighted by molar-refractivity contribution is -0.384. The Morgan fingerprint density at radius 2 is 1.97 bits per heavy atom. The molecule has 2 rings (SSSR count). The fourth-order valence-electron chi connectivity index (χ4n) is 2.96. The lowest BCUT2D eigenvalue weighted by Gasteiger charge is -2.24. The minimum absolute atomic E-state index is 0.0258. The fourth-order valence-corrected chi connectivity index (χ4v) is 3.97. The molecule has 0 saturated heterocycles. The highest BCUT2D eigenvalue weighted by molar-refractivity contribution is 7.92. The smallest absolute Gasteiger partial charge is 0.271 e. The first kappa shape index (κ1) is 23.3. The Morgan fingerprint density at radius 1 is 1.23 bits per heavy atom. The molecule has 0 aliphatic heterocycles. The van der Waals surface area contributed by atoms with Crippen molar-refractivity contribution in [3.63, 3.8) is 0 Å². The predicted octanol–water partition coefficient (Wildman–Crippen LogP) is 3.23. The van der Waals surface area contributed by atoms with Gasteiger partial charge in [-0.2, -0.15) is 0 Å². The van der Waals surface area contributed by atoms with Crippen LogP contribution in [-0.4, -0.2) is 39.2 Å². The zero-order valence-electron chi connectivity index (χ0n) is 17.1. The van der Waals surface area contributed by atoms with Gasteiger partial charge in [0.2, 0.25) is 15.9 Å². The number of aryl methyl sites for hydroxylation is 1. The van der Waals surface area contributed by atoms with Gasteiger partial charge in [-0.3, -0.25) is 19.2 Å². The maximum Gasteiger partial charge on any atom is 0.271 e. The number of non-ortho nitro benzene ring substituents is 1. The average Bonchev–Trinajstić information content (AvgIpc) is 2.65. The molecule has 1 amide bonds. The number of nitrogens with one attached hydrogen (secondary N) is 1. The van der Waals surface area contributed by atoms with E-state index >= 15 is 0 Å². The zero-order valence-corrected chi connectivity index (χ0v) is 17.9. The number of nitro groups is 1. The molecular weight excluding hydrogens is 410 g/mol. The number of anilines is 2. The Morgan fingerprint density at radius 3 is 2.60 bits per heavy atom. The number of hydrogen-bond donors (Lipinski definition) is 1. The Balaban J connectivity index is 2.06. The Labute approximate surface area is 175 Å². The van der Waals surface area contributed by atoms with Gasteiger partial charge in [0.05, 0.1) is 23.5 Å². The predicted molar refractivity (Wildman–Crippen MR) is 115 cm³/mol. The number of benzene rings is 2. The quantitative estimate of drug-likeness (QED) is 0.452. The molecule has 10 heteroatoms. The largest absolute Gasteiger partial charge is 0.380 e. The van der Waals surface area contributed by atoms with E-state index in [1.165, 1.54) is 18.2 Å². The molecule has 162 valence electrons. The van der Waals surface area contributed by atoms with Crippen LogP contribution in [0, 0.1) is 17.0 Å². The minimum Gasteiger partial charge on any atom is -0.380 e. The van der Waals surface area contributed by atoms with Crippen molar-refractivity contribution >= 4 is 33.0 Å². The van der Waals surface area contributed by atoms with Crippen molar-refractivity contribution in [3.8, 4) is 0 Å². The molecule has 0 unspecified atom stereocenters. The van der Waals surface area contributed by atoms with Gasteiger partial charge in [0, 0.05) is 37.9 Å². The van der Waals surface area contributed by atoms with Gasteiger partial charge in [-0.05, 0) is 36.6 Å². The second-order valence-electron chi connectivity index (χ2n) is 6.85. The third-order valence-corrected chi connectivity index (χ3v) is 5.54. The maximum absolute atomic E-state index is 12.3. The SMILES string of the molecule is COCc1cccc(NC(=O)CCCN(c2cc([N+](=O)[O-])ccc2C)S(C)(=O)=O)c1. The van der Waals surface area contributed by atoms with Crippen molar-refractivity contribution < 1.29 is 22.9 Å². The van der Waals surface area contributed by atoms with E-state index in [1.807, 2.05) is 6.07 Å². The van der Waals surface area contributed by atoms with Gasteiger partial charge in [-0.1, -0.05) is 18.2 Å². The molecule has 9 nitrogen and oxygen atoms in total. The second kappa shape index (κ2) is 10.2. The van der Waals surface area contributed by atoms with Gasteiger partial charge < -0.3 is 10.1 Å². The number of ether oxygens (including phenoxy) is 1. The summed E-state index contributed by atoms with van der Waals surface area (Å²) in [4.78, 5) is 22.7. The third-order valence-electron chi connectivity index (χ3n) is 4.36. The molecule has 0 saturated carbocycles. The van der Waals surface area contributed by atoms with E-state index in [2.05, 4.69) is 5.32 Å². The molecule has 0 aliphatic rings. The van der Waals surface area contributed by atoms with Gasteiger partial charge in [0.1, 0.15) is 0 Å². The summed E-state index contributed by atoms with van der Waals surface area (Å²) in [6.07, 6.45) is 1.37. The summed E-state index contributed by atoms with van der Waals surface area (Å²) in [7, 11) is -2.10. The van der Waals surface area contributed by atoms with Crippen molar-refractivity contribution in [2.75, 3.05) is 29.5 Å². The summed E-state index contributed by atoms with van der Waals surface area (Å²) in [6.45, 7) is 2.13. The molecule has 0 aliphatic carbocycles. The molecule has 2 aromatic rings. The third kappa shape index (κ3) is 6.53. The first-order valence-corrected chi connectivity index (χ1v) is 11.1. The number of sulfonamides is 1. The monoisotopic (exact) mass is 435 g/mol. The van der Waals surface area contributed by atoms with Crippen molar-refractivity contribution in [2.45, 2.75) is 26.4 Å². The van der Waals surface area contributed by atoms with Gasteiger partial charge in [0.25, 0.3) is 5.69 Å². The van der Waals surface area contributed by atoms with Crippen LogP contribution in [0.3, 0.4) is 0 Å². The fraction of sp³-hybridized carbons (Fsp3) is 0.350. The summed E-state index contributed by atoms with van der Waals surface area (Å²) in [5.41, 5.74) is 2.17. The van der Waals surface area contributed by atoms with E-state index in [0.717, 1.165) is 16.1 Å². The lowest BCUT2D eigenvalue weighted by atomic mass is 10.1. The molecule has 1 N–H and O–H groups in total. The van der Waals surface area contributed by atoms with Crippen LogP contribution in [0.4, 0.5) is 17.1 Å². The van der Waals surface area contributed by atoms with E-state index in [-0.39, 0.29) is 36.7 Å². The first-order chi connectivity index (χ1) is 14.1. The minimum atomic E-state index is -3.69. The Bertz CT molecular complexity index is 1020. The van der Waals surface area contributed by atoms with Gasteiger partial charge in [-0.15, -0.1) is 0 Å². The van der Waals surface area contributed by atoms with Gasteiger partial charge >= 0.3 is 0 Å². The number of methoxy groups -OCH3 is 1. The first-order valence-electron chi connectivity index (χ1n) is 9.22. The van der Waals surface area contributed by atoms with Crippen molar-refractivity contribution in [1.82, 2.24) is 0 Å². The topological polar surface area (TPSA) is 119 Å². The Kier molecular flexibility index (Phi) is 7.90. The van der Waals surface area contributed by atoms with Crippen LogP contribution in [0.15, 0.2) is 42.5 Å². The van der Waals surface area contributed by atoms with E-state index in [0.29, 0.717) is 17.9 Å². The molecule has 0 aromatic heterocycles. The van der Waals surface area contributed by atoms with Crippen molar-refractivity contribution in [1.29, 1.82) is 0 Å². The lowest BCUT2D eigenvalue weighted by Crippen LogP contribution is -2.32. The van der Waals surface area contributed by atoms with E-state index < -0.39 is 14.9 Å². The molecule has 0 radical (unpaired) electrons. The van der Waals surface area contributed by atoms with Crippen LogP contribution in [0.2, 0.25) is 0 Å². The van der Waals surface area contributed by atoms with Gasteiger partial charge in [-0.25, -0.2) is 8.42 Å². The molecule has 30 heavy (non-hydrogen) atoms. The number of amides is 1.